The number of halogens is 3. The number of anilines is 1. The molecule has 1 unspecified atom stereocenters. The second-order valence-corrected chi connectivity index (χ2v) is 5.46. The number of nitrogens with zero attached hydrogens (tertiary/aromatic N) is 1. The summed E-state index contributed by atoms with van der Waals surface area (Å²) < 4.78 is 50.1. The van der Waals surface area contributed by atoms with E-state index in [0.717, 1.165) is 12.1 Å². The lowest BCUT2D eigenvalue weighted by Gasteiger charge is -2.20. The molecule has 0 saturated carbocycles. The Balaban J connectivity index is 1.90. The van der Waals surface area contributed by atoms with Crippen LogP contribution in [0, 0.1) is 10.1 Å². The third-order valence-electron chi connectivity index (χ3n) is 3.79. The van der Waals surface area contributed by atoms with Crippen molar-refractivity contribution in [3.8, 4) is 11.5 Å². The average molecular weight is 354 g/mol. The summed E-state index contributed by atoms with van der Waals surface area (Å²) in [5, 5.41) is 13.5. The molecule has 0 saturated heterocycles. The van der Waals surface area contributed by atoms with E-state index in [2.05, 4.69) is 5.32 Å². The zero-order valence-corrected chi connectivity index (χ0v) is 13.0. The summed E-state index contributed by atoms with van der Waals surface area (Å²) in [6.07, 6.45) is -4.72. The van der Waals surface area contributed by atoms with Gasteiger partial charge in [0.2, 0.25) is 6.79 Å². The standard InChI is InChI=1S/C16H13F3N2O4/c1-9(10-2-5-14-15(6-10)25-8-24-14)20-13-4-3-11(21(22)23)7-12(13)16(17,18)19/h2-7,9,20H,8H2,1H3. The number of nitro benzene ring substituents is 1. The number of rotatable bonds is 4. The fourth-order valence-corrected chi connectivity index (χ4v) is 2.51. The lowest BCUT2D eigenvalue weighted by molar-refractivity contribution is -0.385. The SMILES string of the molecule is CC(Nc1ccc([N+](=O)[O-])cc1C(F)(F)F)c1ccc2c(c1)OCO2. The van der Waals surface area contributed by atoms with Crippen LogP contribution in [-0.2, 0) is 6.18 Å². The summed E-state index contributed by atoms with van der Waals surface area (Å²) in [4.78, 5) is 9.87. The molecule has 1 N–H and O–H groups in total. The first kappa shape index (κ1) is 16.9. The van der Waals surface area contributed by atoms with Crippen molar-refractivity contribution in [1.29, 1.82) is 0 Å². The van der Waals surface area contributed by atoms with Crippen molar-refractivity contribution in [2.24, 2.45) is 0 Å². The molecule has 0 amide bonds. The fourth-order valence-electron chi connectivity index (χ4n) is 2.51. The summed E-state index contributed by atoms with van der Waals surface area (Å²) in [6, 6.07) is 7.19. The number of hydrogen-bond acceptors (Lipinski definition) is 5. The molecule has 9 heteroatoms. The Bertz CT molecular complexity index is 824. The van der Waals surface area contributed by atoms with Gasteiger partial charge in [-0.15, -0.1) is 0 Å². The summed E-state index contributed by atoms with van der Waals surface area (Å²) in [5.74, 6) is 1.09. The van der Waals surface area contributed by atoms with E-state index in [1.165, 1.54) is 0 Å². The van der Waals surface area contributed by atoms with Crippen LogP contribution in [-0.4, -0.2) is 11.7 Å². The Labute approximate surface area is 140 Å². The molecule has 3 rings (SSSR count). The molecule has 0 bridgehead atoms. The molecule has 2 aromatic rings. The minimum absolute atomic E-state index is 0.0984. The molecule has 0 spiro atoms. The number of nitro groups is 1. The van der Waals surface area contributed by atoms with Crippen LogP contribution in [0.2, 0.25) is 0 Å². The van der Waals surface area contributed by atoms with Gasteiger partial charge in [-0.25, -0.2) is 0 Å². The second kappa shape index (κ2) is 6.15. The van der Waals surface area contributed by atoms with Crippen LogP contribution in [0.15, 0.2) is 36.4 Å². The number of benzene rings is 2. The van der Waals surface area contributed by atoms with E-state index in [1.54, 1.807) is 25.1 Å². The third-order valence-corrected chi connectivity index (χ3v) is 3.79. The number of alkyl halides is 3. The average Bonchev–Trinajstić information content (AvgIpc) is 3.01. The molecule has 0 aromatic heterocycles. The van der Waals surface area contributed by atoms with Crippen molar-refractivity contribution in [2.45, 2.75) is 19.1 Å². The molecule has 1 heterocycles. The smallest absolute Gasteiger partial charge is 0.418 e. The van der Waals surface area contributed by atoms with Crippen molar-refractivity contribution in [3.63, 3.8) is 0 Å². The van der Waals surface area contributed by atoms with Crippen LogP contribution in [0.5, 0.6) is 11.5 Å². The maximum absolute atomic E-state index is 13.2. The Morgan fingerprint density at radius 1 is 1.16 bits per heavy atom. The van der Waals surface area contributed by atoms with Crippen LogP contribution < -0.4 is 14.8 Å². The third kappa shape index (κ3) is 3.44. The summed E-state index contributed by atoms with van der Waals surface area (Å²) in [5.41, 5.74) is -1.25. The van der Waals surface area contributed by atoms with Crippen LogP contribution >= 0.6 is 0 Å². The number of fused-ring (bicyclic) bond motifs is 1. The van der Waals surface area contributed by atoms with Gasteiger partial charge in [0.15, 0.2) is 11.5 Å². The van der Waals surface area contributed by atoms with Gasteiger partial charge in [-0.2, -0.15) is 13.2 Å². The predicted molar refractivity (Wildman–Crippen MR) is 82.7 cm³/mol. The van der Waals surface area contributed by atoms with E-state index < -0.39 is 28.4 Å². The Morgan fingerprint density at radius 3 is 2.56 bits per heavy atom. The predicted octanol–water partition coefficient (Wildman–Crippen LogP) is 4.52. The van der Waals surface area contributed by atoms with Crippen LogP contribution in [0.25, 0.3) is 0 Å². The Kier molecular flexibility index (Phi) is 4.15. The highest BCUT2D eigenvalue weighted by atomic mass is 19.4. The van der Waals surface area contributed by atoms with Gasteiger partial charge in [-0.1, -0.05) is 6.07 Å². The van der Waals surface area contributed by atoms with E-state index in [4.69, 9.17) is 9.47 Å². The largest absolute Gasteiger partial charge is 0.454 e. The molecule has 0 aliphatic carbocycles. The molecule has 2 aromatic carbocycles. The highest BCUT2D eigenvalue weighted by molar-refractivity contribution is 5.59. The van der Waals surface area contributed by atoms with Gasteiger partial charge in [0.1, 0.15) is 0 Å². The van der Waals surface area contributed by atoms with Crippen molar-refractivity contribution in [2.75, 3.05) is 12.1 Å². The second-order valence-electron chi connectivity index (χ2n) is 5.46. The molecular formula is C16H13F3N2O4. The van der Waals surface area contributed by atoms with E-state index in [1.807, 2.05) is 0 Å². The maximum atomic E-state index is 13.2. The van der Waals surface area contributed by atoms with Gasteiger partial charge in [0.05, 0.1) is 10.5 Å². The zero-order valence-electron chi connectivity index (χ0n) is 13.0. The monoisotopic (exact) mass is 354 g/mol. The highest BCUT2D eigenvalue weighted by Gasteiger charge is 2.35. The number of ether oxygens (including phenoxy) is 2. The number of non-ortho nitro benzene ring substituents is 1. The van der Waals surface area contributed by atoms with Gasteiger partial charge in [-0.05, 0) is 30.7 Å². The van der Waals surface area contributed by atoms with Gasteiger partial charge in [0, 0.05) is 23.9 Å². The van der Waals surface area contributed by atoms with Crippen molar-refractivity contribution in [3.05, 3.63) is 57.6 Å². The van der Waals surface area contributed by atoms with E-state index in [-0.39, 0.29) is 12.5 Å². The van der Waals surface area contributed by atoms with Crippen LogP contribution in [0.4, 0.5) is 24.5 Å². The highest BCUT2D eigenvalue weighted by Crippen LogP contribution is 2.39. The van der Waals surface area contributed by atoms with Crippen LogP contribution in [0.1, 0.15) is 24.1 Å². The lowest BCUT2D eigenvalue weighted by atomic mass is 10.1. The lowest BCUT2D eigenvalue weighted by Crippen LogP contribution is -2.14. The molecule has 25 heavy (non-hydrogen) atoms. The normalized spacial score (nSPS) is 14.2. The number of hydrogen-bond donors (Lipinski definition) is 1. The first-order valence-electron chi connectivity index (χ1n) is 7.27. The van der Waals surface area contributed by atoms with Crippen molar-refractivity contribution in [1.82, 2.24) is 0 Å². The van der Waals surface area contributed by atoms with Crippen LogP contribution in [0.3, 0.4) is 0 Å². The van der Waals surface area contributed by atoms with E-state index in [9.17, 15) is 23.3 Å². The van der Waals surface area contributed by atoms with Gasteiger partial charge in [-0.3, -0.25) is 10.1 Å². The molecule has 0 radical (unpaired) electrons. The molecule has 0 fully saturated rings. The molecule has 1 aliphatic rings. The van der Waals surface area contributed by atoms with Gasteiger partial charge >= 0.3 is 6.18 Å². The number of nitrogens with one attached hydrogen (secondary N) is 1. The summed E-state index contributed by atoms with van der Waals surface area (Å²) in [6.45, 7) is 1.78. The van der Waals surface area contributed by atoms with Gasteiger partial charge in [0.25, 0.3) is 5.69 Å². The van der Waals surface area contributed by atoms with Gasteiger partial charge < -0.3 is 14.8 Å². The first-order valence-corrected chi connectivity index (χ1v) is 7.27. The van der Waals surface area contributed by atoms with E-state index >= 15 is 0 Å². The molecule has 132 valence electrons. The maximum Gasteiger partial charge on any atom is 0.418 e. The minimum atomic E-state index is -4.72. The summed E-state index contributed by atoms with van der Waals surface area (Å²) >= 11 is 0. The fraction of sp³-hybridized carbons (Fsp3) is 0.250. The summed E-state index contributed by atoms with van der Waals surface area (Å²) in [7, 11) is 0. The van der Waals surface area contributed by atoms with Crippen molar-refractivity contribution >= 4 is 11.4 Å². The van der Waals surface area contributed by atoms with Crippen molar-refractivity contribution < 1.29 is 27.6 Å². The first-order chi connectivity index (χ1) is 11.8. The molecular weight excluding hydrogens is 341 g/mol. The molecule has 6 nitrogen and oxygen atoms in total. The Morgan fingerprint density at radius 2 is 1.88 bits per heavy atom. The van der Waals surface area contributed by atoms with E-state index in [0.29, 0.717) is 23.1 Å². The topological polar surface area (TPSA) is 73.6 Å². The quantitative estimate of drug-likeness (QED) is 0.646. The Hall–Kier alpha value is -2.97. The molecule has 1 atom stereocenters. The molecule has 1 aliphatic heterocycles. The zero-order chi connectivity index (χ0) is 18.2. The minimum Gasteiger partial charge on any atom is -0.454 e.